The summed E-state index contributed by atoms with van der Waals surface area (Å²) >= 11 is 7.19. The van der Waals surface area contributed by atoms with Crippen LogP contribution in [0.2, 0.25) is 5.02 Å². The van der Waals surface area contributed by atoms with Gasteiger partial charge in [-0.2, -0.15) is 0 Å². The van der Waals surface area contributed by atoms with E-state index >= 15 is 0 Å². The minimum absolute atomic E-state index is 0.0919. The molecule has 2 aromatic rings. The van der Waals surface area contributed by atoms with Gasteiger partial charge in [0, 0.05) is 23.4 Å². The third-order valence-corrected chi connectivity index (χ3v) is 4.95. The summed E-state index contributed by atoms with van der Waals surface area (Å²) in [7, 11) is 0. The second-order valence-electron chi connectivity index (χ2n) is 5.78. The molecular weight excluding hydrogens is 390 g/mol. The quantitative estimate of drug-likeness (QED) is 0.508. The average molecular weight is 410 g/mol. The lowest BCUT2D eigenvalue weighted by atomic mass is 10.2. The first-order valence-corrected chi connectivity index (χ1v) is 9.45. The van der Waals surface area contributed by atoms with Gasteiger partial charge in [-0.05, 0) is 49.2 Å². The van der Waals surface area contributed by atoms with E-state index in [4.69, 9.17) is 21.1 Å². The van der Waals surface area contributed by atoms with Gasteiger partial charge in [-0.15, -0.1) is 11.3 Å². The van der Waals surface area contributed by atoms with E-state index in [2.05, 4.69) is 5.32 Å². The van der Waals surface area contributed by atoms with Gasteiger partial charge in [0.05, 0.1) is 4.88 Å². The summed E-state index contributed by atoms with van der Waals surface area (Å²) in [6.07, 6.45) is 0.644. The fraction of sp³-hybridized carbons (Fsp3) is 0.316. The van der Waals surface area contributed by atoms with E-state index < -0.39 is 5.97 Å². The van der Waals surface area contributed by atoms with E-state index in [1.807, 2.05) is 13.0 Å². The van der Waals surface area contributed by atoms with Crippen LogP contribution in [0.5, 0.6) is 5.75 Å². The van der Waals surface area contributed by atoms with Gasteiger partial charge in [-0.25, -0.2) is 4.79 Å². The van der Waals surface area contributed by atoms with E-state index in [1.165, 1.54) is 18.3 Å². The molecule has 1 aromatic carbocycles. The molecule has 0 fully saturated rings. The minimum Gasteiger partial charge on any atom is -0.482 e. The molecule has 0 bridgehead atoms. The van der Waals surface area contributed by atoms with Crippen LogP contribution in [0.15, 0.2) is 30.3 Å². The van der Waals surface area contributed by atoms with E-state index in [-0.39, 0.29) is 24.9 Å². The number of aryl methyl sites for hydroxylation is 1. The number of hydrogen-bond donors (Lipinski definition) is 1. The molecule has 0 saturated carbocycles. The Morgan fingerprint density at radius 2 is 1.93 bits per heavy atom. The third kappa shape index (κ3) is 7.03. The fourth-order valence-electron chi connectivity index (χ4n) is 2.19. The SMILES string of the molecule is CC(=O)NCCc1ccc(C(=O)COC(=O)COc2ccc(Cl)cc2C)s1. The van der Waals surface area contributed by atoms with Crippen LogP contribution in [-0.4, -0.2) is 37.4 Å². The van der Waals surface area contributed by atoms with Gasteiger partial charge in [0.15, 0.2) is 13.2 Å². The maximum atomic E-state index is 12.1. The monoisotopic (exact) mass is 409 g/mol. The minimum atomic E-state index is -0.625. The van der Waals surface area contributed by atoms with Gasteiger partial charge < -0.3 is 14.8 Å². The number of Topliss-reactive ketones (excluding diaryl/α,β-unsaturated/α-hetero) is 1. The number of nitrogens with one attached hydrogen (secondary N) is 1. The van der Waals surface area contributed by atoms with E-state index in [9.17, 15) is 14.4 Å². The van der Waals surface area contributed by atoms with Crippen molar-refractivity contribution in [3.8, 4) is 5.75 Å². The topological polar surface area (TPSA) is 81.7 Å². The fourth-order valence-corrected chi connectivity index (χ4v) is 3.35. The van der Waals surface area contributed by atoms with Crippen LogP contribution in [0.25, 0.3) is 0 Å². The Morgan fingerprint density at radius 3 is 2.63 bits per heavy atom. The Kier molecular flexibility index (Phi) is 7.82. The standard InChI is InChI=1S/C19H20ClNO5S/c1-12-9-14(20)3-5-17(12)25-11-19(24)26-10-16(23)18-6-4-15(27-18)7-8-21-13(2)22/h3-6,9H,7-8,10-11H2,1-2H3,(H,21,22). The molecule has 0 aliphatic heterocycles. The first kappa shape index (κ1) is 20.9. The average Bonchev–Trinajstić information content (AvgIpc) is 3.07. The van der Waals surface area contributed by atoms with Crippen LogP contribution in [0.4, 0.5) is 0 Å². The first-order chi connectivity index (χ1) is 12.8. The largest absolute Gasteiger partial charge is 0.482 e. The molecule has 2 rings (SSSR count). The third-order valence-electron chi connectivity index (χ3n) is 3.53. The maximum Gasteiger partial charge on any atom is 0.344 e. The number of rotatable bonds is 9. The van der Waals surface area contributed by atoms with Gasteiger partial charge in [0.1, 0.15) is 5.75 Å². The number of amides is 1. The molecule has 8 heteroatoms. The second-order valence-corrected chi connectivity index (χ2v) is 7.39. The zero-order chi connectivity index (χ0) is 19.8. The Morgan fingerprint density at radius 1 is 1.15 bits per heavy atom. The summed E-state index contributed by atoms with van der Waals surface area (Å²) < 4.78 is 10.4. The zero-order valence-electron chi connectivity index (χ0n) is 15.0. The Hall–Kier alpha value is -2.38. The van der Waals surface area contributed by atoms with E-state index in [0.717, 1.165) is 10.4 Å². The van der Waals surface area contributed by atoms with Gasteiger partial charge in [-0.1, -0.05) is 11.6 Å². The van der Waals surface area contributed by atoms with Crippen molar-refractivity contribution < 1.29 is 23.9 Å². The van der Waals surface area contributed by atoms with Crippen molar-refractivity contribution in [1.82, 2.24) is 5.32 Å². The molecular formula is C19H20ClNO5S. The number of ketones is 1. The zero-order valence-corrected chi connectivity index (χ0v) is 16.6. The molecule has 0 saturated heterocycles. The number of benzene rings is 1. The van der Waals surface area contributed by atoms with E-state index in [1.54, 1.807) is 24.3 Å². The Bertz CT molecular complexity index is 833. The summed E-state index contributed by atoms with van der Waals surface area (Å²) in [6, 6.07) is 8.58. The van der Waals surface area contributed by atoms with Crippen LogP contribution < -0.4 is 10.1 Å². The smallest absolute Gasteiger partial charge is 0.344 e. The highest BCUT2D eigenvalue weighted by atomic mass is 35.5. The van der Waals surface area contributed by atoms with Gasteiger partial charge in [0.25, 0.3) is 0 Å². The molecule has 1 N–H and O–H groups in total. The van der Waals surface area contributed by atoms with Crippen molar-refractivity contribution in [2.75, 3.05) is 19.8 Å². The number of carbonyl (C=O) groups excluding carboxylic acids is 3. The predicted octanol–water partition coefficient (Wildman–Crippen LogP) is 3.19. The number of halogens is 1. The molecule has 1 amide bonds. The maximum absolute atomic E-state index is 12.1. The first-order valence-electron chi connectivity index (χ1n) is 8.26. The van der Waals surface area contributed by atoms with Gasteiger partial charge >= 0.3 is 5.97 Å². The molecule has 0 radical (unpaired) electrons. The van der Waals surface area contributed by atoms with Crippen LogP contribution in [0.3, 0.4) is 0 Å². The molecule has 0 atom stereocenters. The lowest BCUT2D eigenvalue weighted by Crippen LogP contribution is -2.22. The number of hydrogen-bond acceptors (Lipinski definition) is 6. The summed E-state index contributed by atoms with van der Waals surface area (Å²) in [5, 5.41) is 3.28. The number of esters is 1. The van der Waals surface area contributed by atoms with Crippen LogP contribution in [0.1, 0.15) is 27.0 Å². The number of thiophene rings is 1. The summed E-state index contributed by atoms with van der Waals surface area (Å²) in [6.45, 7) is 3.15. The Labute approximate surface area is 166 Å². The predicted molar refractivity (Wildman–Crippen MR) is 104 cm³/mol. The van der Waals surface area contributed by atoms with Gasteiger partial charge in [-0.3, -0.25) is 9.59 Å². The molecule has 0 aliphatic rings. The van der Waals surface area contributed by atoms with Crippen LogP contribution in [-0.2, 0) is 20.7 Å². The van der Waals surface area contributed by atoms with Crippen LogP contribution >= 0.6 is 22.9 Å². The Balaban J connectivity index is 1.75. The highest BCUT2D eigenvalue weighted by molar-refractivity contribution is 7.14. The lowest BCUT2D eigenvalue weighted by molar-refractivity contribution is -0.144. The molecule has 0 aliphatic carbocycles. The molecule has 144 valence electrons. The number of carbonyl (C=O) groups is 3. The molecule has 0 unspecified atom stereocenters. The molecule has 1 aromatic heterocycles. The van der Waals surface area contributed by atoms with Crippen molar-refractivity contribution in [3.05, 3.63) is 50.7 Å². The highest BCUT2D eigenvalue weighted by Gasteiger charge is 2.13. The molecule has 1 heterocycles. The lowest BCUT2D eigenvalue weighted by Gasteiger charge is -2.09. The molecule has 27 heavy (non-hydrogen) atoms. The van der Waals surface area contributed by atoms with E-state index in [0.29, 0.717) is 28.6 Å². The van der Waals surface area contributed by atoms with Crippen molar-refractivity contribution in [3.63, 3.8) is 0 Å². The van der Waals surface area contributed by atoms with Crippen molar-refractivity contribution in [1.29, 1.82) is 0 Å². The van der Waals surface area contributed by atoms with Crippen molar-refractivity contribution in [2.45, 2.75) is 20.3 Å². The summed E-state index contributed by atoms with van der Waals surface area (Å²) in [5.41, 5.74) is 0.803. The summed E-state index contributed by atoms with van der Waals surface area (Å²) in [4.78, 5) is 36.2. The summed E-state index contributed by atoms with van der Waals surface area (Å²) in [5.74, 6) is -0.461. The molecule has 6 nitrogen and oxygen atoms in total. The number of ether oxygens (including phenoxy) is 2. The highest BCUT2D eigenvalue weighted by Crippen LogP contribution is 2.22. The second kappa shape index (κ2) is 10.1. The van der Waals surface area contributed by atoms with Crippen LogP contribution in [0, 0.1) is 6.92 Å². The molecule has 0 spiro atoms. The van der Waals surface area contributed by atoms with Crippen molar-refractivity contribution >= 4 is 40.6 Å². The van der Waals surface area contributed by atoms with Gasteiger partial charge in [0.2, 0.25) is 11.7 Å². The normalized spacial score (nSPS) is 10.3. The van der Waals surface area contributed by atoms with Crippen molar-refractivity contribution in [2.24, 2.45) is 0 Å².